The first-order chi connectivity index (χ1) is 8.67. The fourth-order valence-corrected chi connectivity index (χ4v) is 2.94. The fourth-order valence-electron chi connectivity index (χ4n) is 1.96. The fraction of sp³-hybridized carbons (Fsp3) is 0.357. The van der Waals surface area contributed by atoms with Gasteiger partial charge in [0.25, 0.3) is 0 Å². The highest BCUT2D eigenvalue weighted by Gasteiger charge is 2.14. The number of benzene rings is 1. The van der Waals surface area contributed by atoms with Crippen molar-refractivity contribution in [2.45, 2.75) is 26.9 Å². The van der Waals surface area contributed by atoms with Gasteiger partial charge in [0.05, 0.1) is 17.2 Å². The second-order valence-corrected chi connectivity index (χ2v) is 5.29. The van der Waals surface area contributed by atoms with Crippen LogP contribution in [-0.4, -0.2) is 17.1 Å². The summed E-state index contributed by atoms with van der Waals surface area (Å²) in [5.41, 5.74) is 3.37. The summed E-state index contributed by atoms with van der Waals surface area (Å²) in [5.74, 6) is 0. The van der Waals surface area contributed by atoms with Gasteiger partial charge < -0.3 is 10.0 Å². The maximum Gasteiger partial charge on any atom is 0.190 e. The number of hydrogen-bond acceptors (Lipinski definition) is 4. The van der Waals surface area contributed by atoms with Gasteiger partial charge in [0.1, 0.15) is 0 Å². The Morgan fingerprint density at radius 2 is 2.06 bits per heavy atom. The normalized spacial score (nSPS) is 10.7. The Kier molecular flexibility index (Phi) is 3.99. The van der Waals surface area contributed by atoms with Gasteiger partial charge in [0.2, 0.25) is 0 Å². The molecule has 1 aromatic carbocycles. The zero-order valence-electron chi connectivity index (χ0n) is 11.0. The lowest BCUT2D eigenvalue weighted by Crippen LogP contribution is -2.10. The van der Waals surface area contributed by atoms with Crippen LogP contribution in [0.2, 0.25) is 0 Å². The summed E-state index contributed by atoms with van der Waals surface area (Å²) in [6.07, 6.45) is 0.855. The van der Waals surface area contributed by atoms with Crippen LogP contribution in [-0.2, 0) is 13.0 Å². The van der Waals surface area contributed by atoms with Crippen LogP contribution < -0.4 is 4.90 Å². The first-order valence-corrected chi connectivity index (χ1v) is 6.87. The van der Waals surface area contributed by atoms with Gasteiger partial charge in [-0.2, -0.15) is 0 Å². The van der Waals surface area contributed by atoms with Crippen LogP contribution in [0.4, 0.5) is 10.8 Å². The number of anilines is 2. The van der Waals surface area contributed by atoms with E-state index in [0.717, 1.165) is 27.8 Å². The average molecular weight is 262 g/mol. The first kappa shape index (κ1) is 13.1. The van der Waals surface area contributed by atoms with Crippen molar-refractivity contribution in [3.8, 4) is 0 Å². The number of para-hydroxylation sites is 1. The van der Waals surface area contributed by atoms with E-state index < -0.39 is 0 Å². The molecule has 1 aromatic heterocycles. The van der Waals surface area contributed by atoms with E-state index in [1.807, 2.05) is 19.2 Å². The van der Waals surface area contributed by atoms with Gasteiger partial charge in [0.15, 0.2) is 5.13 Å². The molecule has 96 valence electrons. The van der Waals surface area contributed by atoms with E-state index >= 15 is 0 Å². The lowest BCUT2D eigenvalue weighted by atomic mass is 10.2. The Labute approximate surface area is 112 Å². The minimum absolute atomic E-state index is 0.0719. The number of rotatable bonds is 4. The summed E-state index contributed by atoms with van der Waals surface area (Å²) in [4.78, 5) is 7.65. The highest BCUT2D eigenvalue weighted by molar-refractivity contribution is 7.15. The lowest BCUT2D eigenvalue weighted by molar-refractivity contribution is 0.284. The number of aliphatic hydroxyl groups is 1. The molecule has 3 nitrogen and oxygen atoms in total. The van der Waals surface area contributed by atoms with E-state index in [-0.39, 0.29) is 6.61 Å². The van der Waals surface area contributed by atoms with Crippen molar-refractivity contribution in [1.82, 2.24) is 4.98 Å². The van der Waals surface area contributed by atoms with Crippen molar-refractivity contribution in [2.24, 2.45) is 0 Å². The molecular formula is C14H18N2OS. The summed E-state index contributed by atoms with van der Waals surface area (Å²) in [6.45, 7) is 4.22. The Morgan fingerprint density at radius 1 is 1.33 bits per heavy atom. The molecule has 0 radical (unpaired) electrons. The molecule has 0 aliphatic rings. The maximum absolute atomic E-state index is 9.32. The van der Waals surface area contributed by atoms with Crippen molar-refractivity contribution in [3.63, 3.8) is 0 Å². The summed E-state index contributed by atoms with van der Waals surface area (Å²) in [6, 6.07) is 8.24. The third kappa shape index (κ3) is 2.40. The molecule has 2 aromatic rings. The van der Waals surface area contributed by atoms with E-state index in [9.17, 15) is 5.11 Å². The molecule has 0 atom stereocenters. The Bertz CT molecular complexity index is 515. The molecule has 0 aliphatic carbocycles. The molecule has 1 heterocycles. The van der Waals surface area contributed by atoms with Gasteiger partial charge >= 0.3 is 0 Å². The molecule has 0 fully saturated rings. The molecule has 1 N–H and O–H groups in total. The third-order valence-corrected chi connectivity index (χ3v) is 4.17. The molecule has 4 heteroatoms. The average Bonchev–Trinajstić information content (AvgIpc) is 2.81. The number of aromatic nitrogens is 1. The van der Waals surface area contributed by atoms with Crippen LogP contribution in [0.25, 0.3) is 0 Å². The molecule has 0 bridgehead atoms. The van der Waals surface area contributed by atoms with Crippen molar-refractivity contribution < 1.29 is 5.11 Å². The topological polar surface area (TPSA) is 36.4 Å². The molecule has 0 aliphatic heterocycles. The highest BCUT2D eigenvalue weighted by atomic mass is 32.1. The monoisotopic (exact) mass is 262 g/mol. The Morgan fingerprint density at radius 3 is 2.61 bits per heavy atom. The van der Waals surface area contributed by atoms with E-state index in [1.165, 1.54) is 5.56 Å². The molecule has 0 saturated carbocycles. The number of nitrogens with zero attached hydrogens (tertiary/aromatic N) is 2. The molecule has 2 rings (SSSR count). The summed E-state index contributed by atoms with van der Waals surface area (Å²) < 4.78 is 0. The molecule has 0 spiro atoms. The Hall–Kier alpha value is -1.39. The SMILES string of the molecule is CCc1nc(N(C)c2ccccc2C)sc1CO. The minimum Gasteiger partial charge on any atom is -0.391 e. The van der Waals surface area contributed by atoms with Crippen LogP contribution in [0, 0.1) is 6.92 Å². The third-order valence-electron chi connectivity index (χ3n) is 3.01. The quantitative estimate of drug-likeness (QED) is 0.918. The summed E-state index contributed by atoms with van der Waals surface area (Å²) >= 11 is 1.56. The second-order valence-electron chi connectivity index (χ2n) is 4.22. The molecule has 0 saturated heterocycles. The second kappa shape index (κ2) is 5.50. The van der Waals surface area contributed by atoms with E-state index in [0.29, 0.717) is 0 Å². The van der Waals surface area contributed by atoms with Crippen molar-refractivity contribution in [3.05, 3.63) is 40.4 Å². The number of thiazole rings is 1. The first-order valence-electron chi connectivity index (χ1n) is 6.06. The van der Waals surface area contributed by atoms with E-state index in [2.05, 4.69) is 35.9 Å². The predicted octanol–water partition coefficient (Wildman–Crippen LogP) is 3.27. The van der Waals surface area contributed by atoms with Crippen molar-refractivity contribution in [2.75, 3.05) is 11.9 Å². The summed E-state index contributed by atoms with van der Waals surface area (Å²) in [5, 5.41) is 10.3. The molecule has 18 heavy (non-hydrogen) atoms. The van der Waals surface area contributed by atoms with Crippen LogP contribution in [0.1, 0.15) is 23.1 Å². The van der Waals surface area contributed by atoms with Gasteiger partial charge in [-0.25, -0.2) is 4.98 Å². The van der Waals surface area contributed by atoms with E-state index in [1.54, 1.807) is 11.3 Å². The van der Waals surface area contributed by atoms with Crippen LogP contribution in [0.5, 0.6) is 0 Å². The zero-order chi connectivity index (χ0) is 13.1. The summed E-state index contributed by atoms with van der Waals surface area (Å²) in [7, 11) is 2.02. The smallest absolute Gasteiger partial charge is 0.190 e. The zero-order valence-corrected chi connectivity index (χ0v) is 11.8. The Balaban J connectivity index is 2.37. The minimum atomic E-state index is 0.0719. The van der Waals surface area contributed by atoms with Gasteiger partial charge in [-0.1, -0.05) is 36.5 Å². The number of aliphatic hydroxyl groups excluding tert-OH is 1. The van der Waals surface area contributed by atoms with E-state index in [4.69, 9.17) is 0 Å². The van der Waals surface area contributed by atoms with Crippen LogP contribution in [0.3, 0.4) is 0 Å². The van der Waals surface area contributed by atoms with Gasteiger partial charge in [-0.15, -0.1) is 0 Å². The van der Waals surface area contributed by atoms with Crippen molar-refractivity contribution >= 4 is 22.2 Å². The number of hydrogen-bond donors (Lipinski definition) is 1. The van der Waals surface area contributed by atoms with Crippen LogP contribution in [0.15, 0.2) is 24.3 Å². The molecular weight excluding hydrogens is 244 g/mol. The van der Waals surface area contributed by atoms with Gasteiger partial charge in [-0.05, 0) is 25.0 Å². The largest absolute Gasteiger partial charge is 0.391 e. The van der Waals surface area contributed by atoms with Gasteiger partial charge in [-0.3, -0.25) is 0 Å². The molecule has 0 unspecified atom stereocenters. The van der Waals surface area contributed by atoms with Crippen molar-refractivity contribution in [1.29, 1.82) is 0 Å². The standard InChI is InChI=1S/C14H18N2OS/c1-4-11-13(9-17)18-14(15-11)16(3)12-8-6-5-7-10(12)2/h5-8,17H,4,9H2,1-3H3. The number of aryl methyl sites for hydroxylation is 2. The molecule has 0 amide bonds. The highest BCUT2D eigenvalue weighted by Crippen LogP contribution is 2.32. The van der Waals surface area contributed by atoms with Gasteiger partial charge in [0, 0.05) is 12.7 Å². The van der Waals surface area contributed by atoms with Crippen LogP contribution >= 0.6 is 11.3 Å². The lowest BCUT2D eigenvalue weighted by Gasteiger charge is -2.18. The predicted molar refractivity (Wildman–Crippen MR) is 76.7 cm³/mol. The maximum atomic E-state index is 9.32.